The van der Waals surface area contributed by atoms with Crippen LogP contribution in [0, 0.1) is 0 Å². The van der Waals surface area contributed by atoms with Crippen molar-refractivity contribution in [3.8, 4) is 0 Å². The van der Waals surface area contributed by atoms with E-state index < -0.39 is 0 Å². The molecule has 2 fully saturated rings. The van der Waals surface area contributed by atoms with E-state index in [1.165, 1.54) is 0 Å². The number of hydrogen-bond donors (Lipinski definition) is 0. The van der Waals surface area contributed by atoms with Gasteiger partial charge >= 0.3 is 0 Å². The molecular weight excluding hydrogens is 252 g/mol. The van der Waals surface area contributed by atoms with E-state index in [1.54, 1.807) is 16.8 Å². The van der Waals surface area contributed by atoms with Gasteiger partial charge < -0.3 is 9.80 Å². The van der Waals surface area contributed by atoms with Crippen LogP contribution in [0.25, 0.3) is 0 Å². The number of rotatable bonds is 2. The molecule has 1 aliphatic carbocycles. The van der Waals surface area contributed by atoms with Crippen molar-refractivity contribution in [1.29, 1.82) is 0 Å². The summed E-state index contributed by atoms with van der Waals surface area (Å²) in [6, 6.07) is 10.0. The fraction of sp³-hybridized carbons (Fsp3) is 0.500. The van der Waals surface area contributed by atoms with E-state index >= 15 is 0 Å². The first-order valence-corrected chi connectivity index (χ1v) is 7.22. The zero-order valence-corrected chi connectivity index (χ0v) is 11.8. The van der Waals surface area contributed by atoms with Gasteiger partial charge in [-0.3, -0.25) is 9.59 Å². The van der Waals surface area contributed by atoms with Gasteiger partial charge in [-0.1, -0.05) is 36.8 Å². The number of hydrogen-bond acceptors (Lipinski definition) is 2. The van der Waals surface area contributed by atoms with E-state index in [-0.39, 0.29) is 23.8 Å². The van der Waals surface area contributed by atoms with E-state index in [9.17, 15) is 9.59 Å². The maximum absolute atomic E-state index is 12.9. The predicted molar refractivity (Wildman–Crippen MR) is 76.2 cm³/mol. The van der Waals surface area contributed by atoms with Crippen LogP contribution in [0.3, 0.4) is 0 Å². The Bertz CT molecular complexity index is 523. The normalized spacial score (nSPS) is 21.6. The summed E-state index contributed by atoms with van der Waals surface area (Å²) in [6.07, 6.45) is 2.88. The lowest BCUT2D eigenvalue weighted by atomic mass is 9.63. The molecule has 4 nitrogen and oxygen atoms in total. The van der Waals surface area contributed by atoms with Crippen molar-refractivity contribution in [2.24, 2.45) is 0 Å². The van der Waals surface area contributed by atoms with Gasteiger partial charge in [-0.05, 0) is 18.4 Å². The van der Waals surface area contributed by atoms with Gasteiger partial charge in [-0.25, -0.2) is 0 Å². The molecule has 106 valence electrons. The van der Waals surface area contributed by atoms with E-state index in [2.05, 4.69) is 0 Å². The van der Waals surface area contributed by atoms with E-state index in [0.717, 1.165) is 24.8 Å². The second kappa shape index (κ2) is 4.93. The van der Waals surface area contributed by atoms with Gasteiger partial charge in [-0.15, -0.1) is 0 Å². The maximum atomic E-state index is 12.9. The zero-order chi connectivity index (χ0) is 14.2. The van der Waals surface area contributed by atoms with Gasteiger partial charge in [0.2, 0.25) is 11.8 Å². The summed E-state index contributed by atoms with van der Waals surface area (Å²) in [6.45, 7) is 1.51. The lowest BCUT2D eigenvalue weighted by Crippen LogP contribution is -2.57. The summed E-state index contributed by atoms with van der Waals surface area (Å²) in [5.41, 5.74) is 0.722. The highest BCUT2D eigenvalue weighted by molar-refractivity contribution is 5.93. The molecule has 0 atom stereocenters. The third kappa shape index (κ3) is 1.99. The van der Waals surface area contributed by atoms with Crippen LogP contribution in [-0.4, -0.2) is 48.3 Å². The van der Waals surface area contributed by atoms with Gasteiger partial charge in [0.05, 0.1) is 12.0 Å². The smallest absolute Gasteiger partial charge is 0.241 e. The van der Waals surface area contributed by atoms with E-state index in [0.29, 0.717) is 13.1 Å². The number of nitrogens with zero attached hydrogens (tertiary/aromatic N) is 2. The lowest BCUT2D eigenvalue weighted by molar-refractivity contribution is -0.150. The Balaban J connectivity index is 1.83. The van der Waals surface area contributed by atoms with Crippen LogP contribution in [0.15, 0.2) is 30.3 Å². The van der Waals surface area contributed by atoms with Crippen molar-refractivity contribution in [3.05, 3.63) is 35.9 Å². The first kappa shape index (κ1) is 13.2. The molecule has 0 radical (unpaired) electrons. The Hall–Kier alpha value is -1.84. The maximum Gasteiger partial charge on any atom is 0.241 e. The molecule has 3 rings (SSSR count). The summed E-state index contributed by atoms with van der Waals surface area (Å²) in [7, 11) is 1.79. The van der Waals surface area contributed by atoms with Crippen LogP contribution in [0.4, 0.5) is 0 Å². The molecule has 0 aromatic heterocycles. The Morgan fingerprint density at radius 3 is 2.40 bits per heavy atom. The number of likely N-dealkylation sites (N-methyl/N-ethyl adjacent to an activating group) is 1. The Morgan fingerprint density at radius 1 is 1.15 bits per heavy atom. The third-order valence-corrected chi connectivity index (χ3v) is 4.69. The molecule has 0 bridgehead atoms. The average molecular weight is 272 g/mol. The first-order valence-electron chi connectivity index (χ1n) is 7.22. The van der Waals surface area contributed by atoms with Gasteiger partial charge in [0.15, 0.2) is 0 Å². The minimum atomic E-state index is -0.378. The van der Waals surface area contributed by atoms with Crippen LogP contribution in [-0.2, 0) is 15.0 Å². The van der Waals surface area contributed by atoms with Crippen molar-refractivity contribution in [1.82, 2.24) is 9.80 Å². The quantitative estimate of drug-likeness (QED) is 0.816. The molecule has 1 heterocycles. The summed E-state index contributed by atoms with van der Waals surface area (Å²) in [5.74, 6) is 0.170. The molecule has 20 heavy (non-hydrogen) atoms. The Kier molecular flexibility index (Phi) is 3.24. The molecule has 1 aromatic rings. The minimum absolute atomic E-state index is 0.0344. The van der Waals surface area contributed by atoms with Gasteiger partial charge in [0.25, 0.3) is 0 Å². The monoisotopic (exact) mass is 272 g/mol. The molecular formula is C16H20N2O2. The second-order valence-electron chi connectivity index (χ2n) is 5.84. The molecule has 1 saturated carbocycles. The SMILES string of the molecule is CN1CCN(C(=O)C2(c3ccccc3)CCC2)CC1=O. The van der Waals surface area contributed by atoms with Crippen molar-refractivity contribution in [2.45, 2.75) is 24.7 Å². The van der Waals surface area contributed by atoms with Crippen LogP contribution >= 0.6 is 0 Å². The molecule has 0 spiro atoms. The molecule has 2 aliphatic rings. The van der Waals surface area contributed by atoms with Gasteiger partial charge in [0, 0.05) is 20.1 Å². The molecule has 0 N–H and O–H groups in total. The first-order chi connectivity index (χ1) is 9.63. The molecule has 2 amide bonds. The molecule has 1 aromatic carbocycles. The molecule has 0 unspecified atom stereocenters. The Labute approximate surface area is 119 Å². The number of benzene rings is 1. The minimum Gasteiger partial charge on any atom is -0.342 e. The van der Waals surface area contributed by atoms with Crippen LogP contribution in [0.1, 0.15) is 24.8 Å². The predicted octanol–water partition coefficient (Wildman–Crippen LogP) is 1.41. The second-order valence-corrected chi connectivity index (χ2v) is 5.84. The van der Waals surface area contributed by atoms with Crippen LogP contribution in [0.2, 0.25) is 0 Å². The topological polar surface area (TPSA) is 40.6 Å². The molecule has 4 heteroatoms. The summed E-state index contributed by atoms with van der Waals surface area (Å²) in [5, 5.41) is 0. The van der Waals surface area contributed by atoms with Crippen molar-refractivity contribution < 1.29 is 9.59 Å². The lowest BCUT2D eigenvalue weighted by Gasteiger charge is -2.45. The fourth-order valence-corrected chi connectivity index (χ4v) is 3.15. The van der Waals surface area contributed by atoms with E-state index in [1.807, 2.05) is 30.3 Å². The standard InChI is InChI=1S/C16H20N2O2/c1-17-10-11-18(12-14(17)19)15(20)16(8-5-9-16)13-6-3-2-4-7-13/h2-4,6-7H,5,8-12H2,1H3. The van der Waals surface area contributed by atoms with Crippen LogP contribution < -0.4 is 0 Å². The molecule has 1 saturated heterocycles. The highest BCUT2D eigenvalue weighted by Gasteiger charge is 2.48. The average Bonchev–Trinajstić information content (AvgIpc) is 2.42. The van der Waals surface area contributed by atoms with Crippen LogP contribution in [0.5, 0.6) is 0 Å². The Morgan fingerprint density at radius 2 is 1.85 bits per heavy atom. The highest BCUT2D eigenvalue weighted by Crippen LogP contribution is 2.45. The number of carbonyl (C=O) groups excluding carboxylic acids is 2. The molecule has 1 aliphatic heterocycles. The number of carbonyl (C=O) groups is 2. The summed E-state index contributed by atoms with van der Waals surface area (Å²) >= 11 is 0. The zero-order valence-electron chi connectivity index (χ0n) is 11.8. The summed E-state index contributed by atoms with van der Waals surface area (Å²) in [4.78, 5) is 28.2. The number of amides is 2. The van der Waals surface area contributed by atoms with E-state index in [4.69, 9.17) is 0 Å². The third-order valence-electron chi connectivity index (χ3n) is 4.69. The number of piperazine rings is 1. The van der Waals surface area contributed by atoms with Crippen molar-refractivity contribution >= 4 is 11.8 Å². The summed E-state index contributed by atoms with van der Waals surface area (Å²) < 4.78 is 0. The van der Waals surface area contributed by atoms with Crippen molar-refractivity contribution in [3.63, 3.8) is 0 Å². The fourth-order valence-electron chi connectivity index (χ4n) is 3.15. The largest absolute Gasteiger partial charge is 0.342 e. The highest BCUT2D eigenvalue weighted by atomic mass is 16.2. The van der Waals surface area contributed by atoms with Crippen molar-refractivity contribution in [2.75, 3.05) is 26.7 Å². The van der Waals surface area contributed by atoms with Gasteiger partial charge in [-0.2, -0.15) is 0 Å². The van der Waals surface area contributed by atoms with Gasteiger partial charge in [0.1, 0.15) is 0 Å².